The number of ether oxygens (including phenoxy) is 1. The molecule has 0 saturated heterocycles. The van der Waals surface area contributed by atoms with Gasteiger partial charge in [-0.05, 0) is 29.8 Å². The number of nitriles is 1. The zero-order valence-electron chi connectivity index (χ0n) is 18.1. The van der Waals surface area contributed by atoms with Gasteiger partial charge in [0.15, 0.2) is 0 Å². The summed E-state index contributed by atoms with van der Waals surface area (Å²) in [6.45, 7) is 0.198. The summed E-state index contributed by atoms with van der Waals surface area (Å²) in [6, 6.07) is 21.5. The Kier molecular flexibility index (Phi) is 6.46. The first-order valence-electron chi connectivity index (χ1n) is 10.3. The van der Waals surface area contributed by atoms with E-state index in [9.17, 15) is 19.2 Å². The number of amidine groups is 1. The lowest BCUT2D eigenvalue weighted by Crippen LogP contribution is -2.31. The molecule has 7 nitrogen and oxygen atoms in total. The summed E-state index contributed by atoms with van der Waals surface area (Å²) < 4.78 is 19.1. The number of hydrogen-bond acceptors (Lipinski definition) is 5. The molecular weight excluding hydrogens is 435 g/mol. The third-order valence-electron chi connectivity index (χ3n) is 5.20. The van der Waals surface area contributed by atoms with E-state index in [1.807, 2.05) is 6.07 Å². The highest BCUT2D eigenvalue weighted by atomic mass is 19.1. The molecule has 1 heterocycles. The first-order chi connectivity index (χ1) is 16.5. The van der Waals surface area contributed by atoms with Crippen molar-refractivity contribution >= 4 is 23.3 Å². The van der Waals surface area contributed by atoms with Gasteiger partial charge in [0.25, 0.3) is 11.8 Å². The maximum atomic E-state index is 14.0. The second-order valence-corrected chi connectivity index (χ2v) is 7.31. The van der Waals surface area contributed by atoms with Crippen LogP contribution in [0.1, 0.15) is 27.0 Å². The predicted molar refractivity (Wildman–Crippen MR) is 124 cm³/mol. The number of nitrogens with zero attached hydrogens (tertiary/aromatic N) is 2. The van der Waals surface area contributed by atoms with Gasteiger partial charge >= 0.3 is 0 Å². The van der Waals surface area contributed by atoms with Crippen molar-refractivity contribution in [1.29, 1.82) is 5.26 Å². The van der Waals surface area contributed by atoms with E-state index in [0.717, 1.165) is 5.56 Å². The molecule has 0 aromatic heterocycles. The number of carbonyl (C=O) groups excluding carboxylic acids is 2. The number of halogens is 1. The summed E-state index contributed by atoms with van der Waals surface area (Å²) in [4.78, 5) is 29.8. The Balaban J connectivity index is 1.61. The third-order valence-corrected chi connectivity index (χ3v) is 5.20. The first-order valence-corrected chi connectivity index (χ1v) is 10.3. The topological polar surface area (TPSA) is 104 Å². The maximum absolute atomic E-state index is 14.0. The zero-order chi connectivity index (χ0) is 24.1. The van der Waals surface area contributed by atoms with Crippen molar-refractivity contribution in [1.82, 2.24) is 10.6 Å². The number of hydrogen-bond donors (Lipinski definition) is 2. The highest BCUT2D eigenvalue weighted by Crippen LogP contribution is 2.30. The molecule has 3 aromatic carbocycles. The predicted octanol–water partition coefficient (Wildman–Crippen LogP) is 3.58. The van der Waals surface area contributed by atoms with Gasteiger partial charge in [-0.25, -0.2) is 9.38 Å². The van der Waals surface area contributed by atoms with Crippen LogP contribution in [0, 0.1) is 17.1 Å². The van der Waals surface area contributed by atoms with Crippen LogP contribution in [0.2, 0.25) is 0 Å². The number of aliphatic imine (C=N–C) groups is 1. The molecule has 34 heavy (non-hydrogen) atoms. The first kappa shape index (κ1) is 22.4. The van der Waals surface area contributed by atoms with Crippen molar-refractivity contribution < 1.29 is 18.7 Å². The van der Waals surface area contributed by atoms with Gasteiger partial charge in [0.1, 0.15) is 29.0 Å². The number of rotatable bonds is 5. The van der Waals surface area contributed by atoms with Gasteiger partial charge in [0, 0.05) is 17.7 Å². The number of amides is 2. The van der Waals surface area contributed by atoms with Crippen LogP contribution in [0.25, 0.3) is 5.70 Å². The van der Waals surface area contributed by atoms with Gasteiger partial charge in [-0.15, -0.1) is 0 Å². The van der Waals surface area contributed by atoms with E-state index in [-0.39, 0.29) is 29.2 Å². The van der Waals surface area contributed by atoms with E-state index in [0.29, 0.717) is 16.9 Å². The van der Waals surface area contributed by atoms with Crippen molar-refractivity contribution in [3.05, 3.63) is 106 Å². The smallest absolute Gasteiger partial charge is 0.264 e. The fourth-order valence-electron chi connectivity index (χ4n) is 3.46. The molecule has 1 aliphatic heterocycles. The van der Waals surface area contributed by atoms with E-state index < -0.39 is 17.6 Å². The monoisotopic (exact) mass is 454 g/mol. The van der Waals surface area contributed by atoms with Crippen molar-refractivity contribution in [3.63, 3.8) is 0 Å². The Morgan fingerprint density at radius 1 is 1.00 bits per heavy atom. The normalized spacial score (nSPS) is 13.3. The molecule has 0 fully saturated rings. The van der Waals surface area contributed by atoms with Crippen LogP contribution in [-0.2, 0) is 11.3 Å². The van der Waals surface area contributed by atoms with Crippen molar-refractivity contribution in [2.45, 2.75) is 6.54 Å². The minimum Gasteiger partial charge on any atom is -0.497 e. The number of benzene rings is 3. The molecule has 0 atom stereocenters. The van der Waals surface area contributed by atoms with Crippen LogP contribution in [0.15, 0.2) is 83.4 Å². The van der Waals surface area contributed by atoms with E-state index in [1.54, 1.807) is 61.7 Å². The molecular formula is C26H19FN4O3. The summed E-state index contributed by atoms with van der Waals surface area (Å²) in [5.41, 5.74) is 1.66. The molecule has 4 rings (SSSR count). The lowest BCUT2D eigenvalue weighted by atomic mass is 10.0. The molecule has 3 aromatic rings. The zero-order valence-corrected chi connectivity index (χ0v) is 18.1. The third kappa shape index (κ3) is 4.54. The minimum atomic E-state index is -0.685. The SMILES string of the molecule is COc1ccc(CNC(=O)C(C#N)=C2N=C(NC(=O)c3ccccc3F)c3ccccc32)cc1. The molecule has 2 N–H and O–H groups in total. The number of fused-ring (bicyclic) bond motifs is 1. The molecule has 8 heteroatoms. The van der Waals surface area contributed by atoms with Gasteiger partial charge in [0.2, 0.25) is 0 Å². The Labute approximate surface area is 195 Å². The van der Waals surface area contributed by atoms with E-state index in [2.05, 4.69) is 15.6 Å². The lowest BCUT2D eigenvalue weighted by Gasteiger charge is -2.07. The van der Waals surface area contributed by atoms with Crippen LogP contribution in [0.5, 0.6) is 5.75 Å². The average molecular weight is 454 g/mol. The molecule has 0 unspecified atom stereocenters. The van der Waals surface area contributed by atoms with Gasteiger partial charge in [-0.3, -0.25) is 9.59 Å². The minimum absolute atomic E-state index is 0.133. The van der Waals surface area contributed by atoms with Crippen molar-refractivity contribution in [2.24, 2.45) is 4.99 Å². The van der Waals surface area contributed by atoms with Gasteiger partial charge in [-0.1, -0.05) is 48.5 Å². The quantitative estimate of drug-likeness (QED) is 0.454. The molecule has 0 saturated carbocycles. The van der Waals surface area contributed by atoms with E-state index in [4.69, 9.17) is 4.74 Å². The molecule has 0 spiro atoms. The maximum Gasteiger partial charge on any atom is 0.264 e. The van der Waals surface area contributed by atoms with Crippen LogP contribution >= 0.6 is 0 Å². The molecule has 0 radical (unpaired) electrons. The Morgan fingerprint density at radius 3 is 2.35 bits per heavy atom. The second-order valence-electron chi connectivity index (χ2n) is 7.31. The number of carbonyl (C=O) groups is 2. The van der Waals surface area contributed by atoms with Gasteiger partial charge < -0.3 is 15.4 Å². The summed E-state index contributed by atoms with van der Waals surface area (Å²) in [5.74, 6) is -1.13. The van der Waals surface area contributed by atoms with Crippen LogP contribution in [0.4, 0.5) is 4.39 Å². The Hall–Kier alpha value is -4.77. The summed E-state index contributed by atoms with van der Waals surface area (Å²) in [6.07, 6.45) is 0. The highest BCUT2D eigenvalue weighted by Gasteiger charge is 2.27. The molecule has 0 bridgehead atoms. The van der Waals surface area contributed by atoms with Crippen molar-refractivity contribution in [3.8, 4) is 11.8 Å². The largest absolute Gasteiger partial charge is 0.497 e. The van der Waals surface area contributed by atoms with E-state index in [1.165, 1.54) is 18.2 Å². The summed E-state index contributed by atoms with van der Waals surface area (Å²) >= 11 is 0. The summed E-state index contributed by atoms with van der Waals surface area (Å²) in [7, 11) is 1.56. The Bertz CT molecular complexity index is 1370. The standard InChI is InChI=1S/C26H19FN4O3/c1-34-17-12-10-16(11-13-17)15-29-25(32)21(14-28)23-18-6-2-3-7-19(18)24(30-23)31-26(33)20-8-4-5-9-22(20)27/h2-13H,15H2,1H3,(H,29,32)(H,30,31,33). The van der Waals surface area contributed by atoms with Gasteiger partial charge in [0.05, 0.1) is 18.4 Å². The van der Waals surface area contributed by atoms with Gasteiger partial charge in [-0.2, -0.15) is 5.26 Å². The number of nitrogens with one attached hydrogen (secondary N) is 2. The van der Waals surface area contributed by atoms with Crippen LogP contribution in [0.3, 0.4) is 0 Å². The average Bonchev–Trinajstić information content (AvgIpc) is 3.21. The van der Waals surface area contributed by atoms with Crippen LogP contribution < -0.4 is 15.4 Å². The molecule has 1 aliphatic rings. The van der Waals surface area contributed by atoms with Crippen LogP contribution in [-0.4, -0.2) is 24.8 Å². The summed E-state index contributed by atoms with van der Waals surface area (Å²) in [5, 5.41) is 15.0. The lowest BCUT2D eigenvalue weighted by molar-refractivity contribution is -0.117. The highest BCUT2D eigenvalue weighted by molar-refractivity contribution is 6.20. The molecule has 2 amide bonds. The van der Waals surface area contributed by atoms with E-state index >= 15 is 0 Å². The fourth-order valence-corrected chi connectivity index (χ4v) is 3.46. The van der Waals surface area contributed by atoms with Crippen molar-refractivity contribution in [2.75, 3.05) is 7.11 Å². The molecule has 168 valence electrons. The second kappa shape index (κ2) is 9.79. The number of methoxy groups -OCH3 is 1. The molecule has 0 aliphatic carbocycles. The fraction of sp³-hybridized carbons (Fsp3) is 0.0769. The Morgan fingerprint density at radius 2 is 1.68 bits per heavy atom.